The standard InChI is InChI=1S/C18H18N2O3S/c1-3-23-17(22)18(2,14-7-5-4-6-8-14)12-20-16(21)15-13(11-19)9-10-24-15/h4-10H,3,12H2,1-2H3,(H,20,21). The largest absolute Gasteiger partial charge is 0.465 e. The zero-order chi connectivity index (χ0) is 17.6. The van der Waals surface area contributed by atoms with Crippen LogP contribution in [-0.2, 0) is 14.9 Å². The Morgan fingerprint density at radius 1 is 1.29 bits per heavy atom. The average molecular weight is 342 g/mol. The van der Waals surface area contributed by atoms with Gasteiger partial charge in [-0.1, -0.05) is 30.3 Å². The fourth-order valence-corrected chi connectivity index (χ4v) is 3.06. The molecular formula is C18H18N2O3S. The lowest BCUT2D eigenvalue weighted by molar-refractivity contribution is -0.149. The molecule has 0 saturated heterocycles. The Morgan fingerprint density at radius 3 is 2.62 bits per heavy atom. The van der Waals surface area contributed by atoms with E-state index in [1.165, 1.54) is 11.3 Å². The van der Waals surface area contributed by atoms with Gasteiger partial charge in [0.15, 0.2) is 0 Å². The van der Waals surface area contributed by atoms with Crippen LogP contribution in [0.1, 0.15) is 34.6 Å². The van der Waals surface area contributed by atoms with Gasteiger partial charge in [0.1, 0.15) is 16.4 Å². The minimum atomic E-state index is -1.00. The van der Waals surface area contributed by atoms with Crippen molar-refractivity contribution < 1.29 is 14.3 Å². The first-order valence-electron chi connectivity index (χ1n) is 7.51. The van der Waals surface area contributed by atoms with Gasteiger partial charge < -0.3 is 10.1 Å². The topological polar surface area (TPSA) is 79.2 Å². The summed E-state index contributed by atoms with van der Waals surface area (Å²) < 4.78 is 5.19. The maximum atomic E-state index is 12.5. The monoisotopic (exact) mass is 342 g/mol. The van der Waals surface area contributed by atoms with E-state index in [1.54, 1.807) is 25.3 Å². The van der Waals surface area contributed by atoms with E-state index in [4.69, 9.17) is 10.00 Å². The number of hydrogen-bond donors (Lipinski definition) is 1. The van der Waals surface area contributed by atoms with Crippen molar-refractivity contribution >= 4 is 23.2 Å². The second kappa shape index (κ2) is 7.75. The summed E-state index contributed by atoms with van der Waals surface area (Å²) >= 11 is 1.20. The molecule has 6 heteroatoms. The number of thiophene rings is 1. The molecule has 124 valence electrons. The Balaban J connectivity index is 2.22. The third-order valence-electron chi connectivity index (χ3n) is 3.73. The number of nitrogens with one attached hydrogen (secondary N) is 1. The van der Waals surface area contributed by atoms with Crippen molar-refractivity contribution in [2.24, 2.45) is 0 Å². The highest BCUT2D eigenvalue weighted by Gasteiger charge is 2.37. The van der Waals surface area contributed by atoms with Crippen molar-refractivity contribution in [2.45, 2.75) is 19.3 Å². The number of carbonyl (C=O) groups excluding carboxylic acids is 2. The summed E-state index contributed by atoms with van der Waals surface area (Å²) in [6.45, 7) is 3.82. The van der Waals surface area contributed by atoms with E-state index < -0.39 is 11.4 Å². The van der Waals surface area contributed by atoms with E-state index in [1.807, 2.05) is 36.4 Å². The molecule has 1 aromatic heterocycles. The fourth-order valence-electron chi connectivity index (χ4n) is 2.30. The van der Waals surface area contributed by atoms with E-state index >= 15 is 0 Å². The minimum absolute atomic E-state index is 0.0808. The van der Waals surface area contributed by atoms with Crippen LogP contribution in [0.25, 0.3) is 0 Å². The maximum absolute atomic E-state index is 12.5. The van der Waals surface area contributed by atoms with Gasteiger partial charge in [0.25, 0.3) is 5.91 Å². The van der Waals surface area contributed by atoms with Crippen LogP contribution in [-0.4, -0.2) is 25.0 Å². The number of nitrogens with zero attached hydrogens (tertiary/aromatic N) is 1. The van der Waals surface area contributed by atoms with Gasteiger partial charge in [-0.05, 0) is 30.9 Å². The van der Waals surface area contributed by atoms with Gasteiger partial charge in [-0.3, -0.25) is 9.59 Å². The molecular weight excluding hydrogens is 324 g/mol. The van der Waals surface area contributed by atoms with Gasteiger partial charge in [-0.15, -0.1) is 11.3 Å². The molecule has 24 heavy (non-hydrogen) atoms. The van der Waals surface area contributed by atoms with Crippen molar-refractivity contribution in [3.8, 4) is 6.07 Å². The van der Waals surface area contributed by atoms with Crippen molar-refractivity contribution in [1.29, 1.82) is 5.26 Å². The molecule has 0 spiro atoms. The fraction of sp³-hybridized carbons (Fsp3) is 0.278. The third kappa shape index (κ3) is 3.63. The highest BCUT2D eigenvalue weighted by Crippen LogP contribution is 2.25. The molecule has 2 rings (SSSR count). The molecule has 0 saturated carbocycles. The lowest BCUT2D eigenvalue weighted by Crippen LogP contribution is -2.45. The molecule has 0 aliphatic heterocycles. The van der Waals surface area contributed by atoms with Crippen molar-refractivity contribution in [3.05, 3.63) is 57.8 Å². The Morgan fingerprint density at radius 2 is 2.00 bits per heavy atom. The first-order chi connectivity index (χ1) is 11.5. The highest BCUT2D eigenvalue weighted by atomic mass is 32.1. The Kier molecular flexibility index (Phi) is 5.72. The second-order valence-corrected chi connectivity index (χ2v) is 6.29. The minimum Gasteiger partial charge on any atom is -0.465 e. The average Bonchev–Trinajstić information content (AvgIpc) is 3.09. The molecule has 0 bridgehead atoms. The van der Waals surface area contributed by atoms with Crippen LogP contribution in [0, 0.1) is 11.3 Å². The molecule has 1 aromatic carbocycles. The molecule has 1 N–H and O–H groups in total. The third-order valence-corrected chi connectivity index (χ3v) is 4.64. The van der Waals surface area contributed by atoms with E-state index in [-0.39, 0.29) is 19.1 Å². The van der Waals surface area contributed by atoms with Crippen molar-refractivity contribution in [3.63, 3.8) is 0 Å². The summed E-state index contributed by atoms with van der Waals surface area (Å²) in [5.41, 5.74) is 0.0854. The first-order valence-corrected chi connectivity index (χ1v) is 8.39. The number of benzene rings is 1. The number of carbonyl (C=O) groups is 2. The van der Waals surface area contributed by atoms with Gasteiger partial charge in [-0.25, -0.2) is 0 Å². The lowest BCUT2D eigenvalue weighted by atomic mass is 9.82. The van der Waals surface area contributed by atoms with Crippen LogP contribution < -0.4 is 5.32 Å². The number of rotatable bonds is 6. The normalized spacial score (nSPS) is 12.7. The summed E-state index contributed by atoms with van der Waals surface area (Å²) in [7, 11) is 0. The van der Waals surface area contributed by atoms with E-state index in [0.29, 0.717) is 10.4 Å². The Hall–Kier alpha value is -2.65. The number of ether oxygens (including phenoxy) is 1. The Labute approximate surface area is 144 Å². The molecule has 0 aliphatic rings. The number of hydrogen-bond acceptors (Lipinski definition) is 5. The first kappa shape index (κ1) is 17.7. The predicted octanol–water partition coefficient (Wildman–Crippen LogP) is 2.87. The quantitative estimate of drug-likeness (QED) is 0.819. The van der Waals surface area contributed by atoms with Crippen LogP contribution in [0.3, 0.4) is 0 Å². The molecule has 2 aromatic rings. The molecule has 5 nitrogen and oxygen atoms in total. The van der Waals surface area contributed by atoms with Crippen LogP contribution in [0.5, 0.6) is 0 Å². The zero-order valence-electron chi connectivity index (χ0n) is 13.5. The lowest BCUT2D eigenvalue weighted by Gasteiger charge is -2.28. The zero-order valence-corrected chi connectivity index (χ0v) is 14.4. The molecule has 0 aliphatic carbocycles. The van der Waals surface area contributed by atoms with Gasteiger partial charge >= 0.3 is 5.97 Å². The van der Waals surface area contributed by atoms with Gasteiger partial charge in [0, 0.05) is 6.54 Å². The van der Waals surface area contributed by atoms with Crippen molar-refractivity contribution in [2.75, 3.05) is 13.2 Å². The van der Waals surface area contributed by atoms with Crippen LogP contribution in [0.4, 0.5) is 0 Å². The maximum Gasteiger partial charge on any atom is 0.318 e. The number of amides is 1. The summed E-state index contributed by atoms with van der Waals surface area (Å²) in [5, 5.41) is 13.5. The van der Waals surface area contributed by atoms with Crippen LogP contribution in [0.15, 0.2) is 41.8 Å². The smallest absolute Gasteiger partial charge is 0.318 e. The number of esters is 1. The van der Waals surface area contributed by atoms with Crippen molar-refractivity contribution in [1.82, 2.24) is 5.32 Å². The second-order valence-electron chi connectivity index (χ2n) is 5.38. The van der Waals surface area contributed by atoms with E-state index in [9.17, 15) is 9.59 Å². The molecule has 1 heterocycles. The molecule has 1 unspecified atom stereocenters. The Bertz CT molecular complexity index is 764. The van der Waals surface area contributed by atoms with Crippen LogP contribution >= 0.6 is 11.3 Å². The molecule has 1 amide bonds. The molecule has 1 atom stereocenters. The molecule has 0 fully saturated rings. The molecule has 0 radical (unpaired) electrons. The number of nitriles is 1. The highest BCUT2D eigenvalue weighted by molar-refractivity contribution is 7.12. The SMILES string of the molecule is CCOC(=O)C(C)(CNC(=O)c1sccc1C#N)c1ccccc1. The van der Waals surface area contributed by atoms with Crippen LogP contribution in [0.2, 0.25) is 0 Å². The van der Waals surface area contributed by atoms with Gasteiger partial charge in [-0.2, -0.15) is 5.26 Å². The van der Waals surface area contributed by atoms with Gasteiger partial charge in [0.2, 0.25) is 0 Å². The van der Waals surface area contributed by atoms with Gasteiger partial charge in [0.05, 0.1) is 12.2 Å². The summed E-state index contributed by atoms with van der Waals surface area (Å²) in [5.74, 6) is -0.767. The summed E-state index contributed by atoms with van der Waals surface area (Å²) in [6, 6.07) is 12.8. The predicted molar refractivity (Wildman–Crippen MR) is 91.8 cm³/mol. The van der Waals surface area contributed by atoms with E-state index in [0.717, 1.165) is 5.56 Å². The summed E-state index contributed by atoms with van der Waals surface area (Å²) in [4.78, 5) is 25.1. The summed E-state index contributed by atoms with van der Waals surface area (Å²) in [6.07, 6.45) is 0. The van der Waals surface area contributed by atoms with E-state index in [2.05, 4.69) is 5.32 Å².